The van der Waals surface area contributed by atoms with Gasteiger partial charge in [-0.2, -0.15) is 23.3 Å². The van der Waals surface area contributed by atoms with Gasteiger partial charge in [0.2, 0.25) is 0 Å². The third-order valence-corrected chi connectivity index (χ3v) is 7.01. The summed E-state index contributed by atoms with van der Waals surface area (Å²) in [7, 11) is 0. The zero-order valence-electron chi connectivity index (χ0n) is 26.5. The average Bonchev–Trinajstić information content (AvgIpc) is 3.48. The van der Waals surface area contributed by atoms with Gasteiger partial charge in [0.05, 0.1) is 0 Å². The minimum Gasteiger partial charge on any atom is -0.147 e. The minimum atomic E-state index is 0. The van der Waals surface area contributed by atoms with Crippen molar-refractivity contribution < 1.29 is 23.3 Å². The standard InChI is InChI=1S/2C19H17.C2H6Si.2ClH.Zr/c2*1-14(2)17-12-16-10-6-7-11-18(19(16)13-17)15-8-4-3-5-9-15;1-3-2;;;/h2*3-11,13-14H,1-2H3;1-2H3;2*1H;/q2*-1;;;;+2. The molecule has 4 aliphatic carbocycles. The fourth-order valence-electron chi connectivity index (χ4n) is 4.84. The molecule has 224 valence electrons. The van der Waals surface area contributed by atoms with Gasteiger partial charge in [0.15, 0.2) is 0 Å². The number of halogens is 2. The Bertz CT molecular complexity index is 1540. The Morgan fingerprint density at radius 2 is 0.773 bits per heavy atom. The van der Waals surface area contributed by atoms with Crippen molar-refractivity contribution in [2.75, 3.05) is 0 Å². The van der Waals surface area contributed by atoms with E-state index in [1.807, 2.05) is 0 Å². The summed E-state index contributed by atoms with van der Waals surface area (Å²) in [6, 6.07) is 49.8. The molecule has 0 nitrogen and oxygen atoms in total. The maximum atomic E-state index is 3.53. The molecule has 0 spiro atoms. The van der Waals surface area contributed by atoms with E-state index in [9.17, 15) is 0 Å². The predicted octanol–water partition coefficient (Wildman–Crippen LogP) is 12.4. The van der Waals surface area contributed by atoms with Crippen LogP contribution in [0.15, 0.2) is 121 Å². The second-order valence-electron chi connectivity index (χ2n) is 11.4. The maximum absolute atomic E-state index is 3.53. The Morgan fingerprint density at radius 3 is 1.09 bits per heavy atom. The summed E-state index contributed by atoms with van der Waals surface area (Å²) >= 11 is 1.74. The first-order valence-corrected chi connectivity index (χ1v) is 21.0. The molecule has 0 atom stereocenters. The van der Waals surface area contributed by atoms with Gasteiger partial charge in [0.25, 0.3) is 0 Å². The molecule has 0 saturated heterocycles. The van der Waals surface area contributed by atoms with Crippen molar-refractivity contribution in [3.05, 3.63) is 145 Å². The van der Waals surface area contributed by atoms with Crippen LogP contribution in [0.1, 0.15) is 50.7 Å². The van der Waals surface area contributed by atoms with Gasteiger partial charge in [-0.05, 0) is 23.0 Å². The predicted molar refractivity (Wildman–Crippen MR) is 195 cm³/mol. The zero-order valence-corrected chi connectivity index (χ0v) is 31.6. The van der Waals surface area contributed by atoms with Crippen molar-refractivity contribution in [2.24, 2.45) is 0 Å². The van der Waals surface area contributed by atoms with Gasteiger partial charge in [-0.15, -0.1) is 83.5 Å². The van der Waals surface area contributed by atoms with Gasteiger partial charge in [-0.3, -0.25) is 0 Å². The van der Waals surface area contributed by atoms with Gasteiger partial charge >= 0.3 is 41.9 Å². The van der Waals surface area contributed by atoms with E-state index in [1.165, 1.54) is 55.6 Å². The van der Waals surface area contributed by atoms with Crippen LogP contribution in [0.2, 0.25) is 13.1 Å². The fourth-order valence-corrected chi connectivity index (χ4v) is 4.84. The Kier molecular flexibility index (Phi) is 15.8. The normalized spacial score (nSPS) is 10.2. The molecule has 0 bridgehead atoms. The summed E-state index contributed by atoms with van der Waals surface area (Å²) < 4.78 is 0. The van der Waals surface area contributed by atoms with E-state index < -0.39 is 0 Å². The molecular formula is C40H42Cl2SiZr. The van der Waals surface area contributed by atoms with Crippen LogP contribution in [0.5, 0.6) is 0 Å². The minimum absolute atomic E-state index is 0. The second-order valence-corrected chi connectivity index (χ2v) is 20.8. The third kappa shape index (κ3) is 10.3. The molecule has 4 aliphatic rings. The first-order chi connectivity index (χ1) is 20.2. The summed E-state index contributed by atoms with van der Waals surface area (Å²) in [5.41, 5.74) is 12.9. The van der Waals surface area contributed by atoms with Gasteiger partial charge < -0.3 is 0 Å². The summed E-state index contributed by atoms with van der Waals surface area (Å²) in [4.78, 5) is 0. The van der Waals surface area contributed by atoms with Crippen LogP contribution in [0.25, 0.3) is 44.5 Å². The number of fused-ring (bicyclic) bond motifs is 2. The smallest absolute Gasteiger partial charge is 0.147 e. The largest absolute Gasteiger partial charge is 0.147 e. The summed E-state index contributed by atoms with van der Waals surface area (Å²) in [6.07, 6.45) is 0. The van der Waals surface area contributed by atoms with Crippen LogP contribution >= 0.6 is 24.8 Å². The molecule has 2 aromatic rings. The van der Waals surface area contributed by atoms with Crippen molar-refractivity contribution in [1.82, 2.24) is 0 Å². The maximum Gasteiger partial charge on any atom is -0.147 e. The molecule has 0 heterocycles. The summed E-state index contributed by atoms with van der Waals surface area (Å²) in [5.74, 6) is 1.03. The molecule has 0 fully saturated rings. The van der Waals surface area contributed by atoms with Crippen molar-refractivity contribution in [2.45, 2.75) is 52.6 Å². The van der Waals surface area contributed by atoms with Gasteiger partial charge in [0.1, 0.15) is 0 Å². The number of hydrogen-bond donors (Lipinski definition) is 0. The van der Waals surface area contributed by atoms with Crippen LogP contribution in [0.3, 0.4) is 0 Å². The first-order valence-electron chi connectivity index (χ1n) is 14.8. The van der Waals surface area contributed by atoms with Crippen LogP contribution in [0.4, 0.5) is 0 Å². The molecule has 0 aromatic heterocycles. The van der Waals surface area contributed by atoms with E-state index in [4.69, 9.17) is 0 Å². The molecule has 0 radical (unpaired) electrons. The Hall–Kier alpha value is -2.48. The van der Waals surface area contributed by atoms with Crippen LogP contribution < -0.4 is 0 Å². The molecule has 4 heteroatoms. The molecule has 6 rings (SSSR count). The molecule has 0 amide bonds. The Balaban J connectivity index is 0.000000263. The topological polar surface area (TPSA) is 0 Å². The van der Waals surface area contributed by atoms with Gasteiger partial charge in [-0.1, -0.05) is 124 Å². The molecule has 2 aromatic carbocycles. The third-order valence-electron chi connectivity index (χ3n) is 7.01. The molecule has 0 aliphatic heterocycles. The van der Waals surface area contributed by atoms with Crippen LogP contribution in [-0.2, 0) is 23.3 Å². The van der Waals surface area contributed by atoms with Crippen molar-refractivity contribution >= 4 is 30.2 Å². The van der Waals surface area contributed by atoms with E-state index in [1.54, 1.807) is 23.3 Å². The van der Waals surface area contributed by atoms with Crippen molar-refractivity contribution in [1.29, 1.82) is 0 Å². The first kappa shape index (κ1) is 37.7. The van der Waals surface area contributed by atoms with E-state index in [2.05, 4.69) is 174 Å². The van der Waals surface area contributed by atoms with Gasteiger partial charge in [-0.25, -0.2) is 0 Å². The molecular weight excluding hydrogens is 671 g/mol. The second kappa shape index (κ2) is 18.5. The molecule has 0 saturated carbocycles. The Morgan fingerprint density at radius 1 is 0.477 bits per heavy atom. The number of benzene rings is 2. The number of hydrogen-bond acceptors (Lipinski definition) is 0. The summed E-state index contributed by atoms with van der Waals surface area (Å²) in [5, 5.41) is 0. The molecule has 44 heavy (non-hydrogen) atoms. The zero-order chi connectivity index (χ0) is 30.1. The van der Waals surface area contributed by atoms with E-state index in [-0.39, 0.29) is 30.2 Å². The quantitative estimate of drug-likeness (QED) is 0.126. The van der Waals surface area contributed by atoms with Crippen molar-refractivity contribution in [3.8, 4) is 44.5 Å². The van der Waals surface area contributed by atoms with Gasteiger partial charge in [0, 0.05) is 0 Å². The number of rotatable bonds is 4. The van der Waals surface area contributed by atoms with Crippen molar-refractivity contribution in [3.63, 3.8) is 0 Å². The van der Waals surface area contributed by atoms with Crippen LogP contribution in [0, 0.1) is 12.1 Å². The van der Waals surface area contributed by atoms with Crippen LogP contribution in [-0.4, -0.2) is 5.43 Å². The molecule has 0 unspecified atom stereocenters. The summed E-state index contributed by atoms with van der Waals surface area (Å²) in [6.45, 7) is 13.5. The van der Waals surface area contributed by atoms with E-state index >= 15 is 0 Å². The van der Waals surface area contributed by atoms with E-state index in [0.717, 1.165) is 0 Å². The van der Waals surface area contributed by atoms with E-state index in [0.29, 0.717) is 11.8 Å². The SMILES string of the molecule is CC(C)c1[c-]c2ccccc(-c3ccccc3)c-2c1.CC(C)c1[c-]c2ccccc(-c3ccccc3)c-2c1.C[Si](C)=[Zr+2].Cl.Cl. The average molecular weight is 713 g/mol. The molecule has 0 N–H and O–H groups in total. The fraction of sp³-hybridized carbons (Fsp3) is 0.200. The Labute approximate surface area is 293 Å². The monoisotopic (exact) mass is 710 g/mol.